The quantitative estimate of drug-likeness (QED) is 0.0362. The van der Waals surface area contributed by atoms with Crippen LogP contribution in [0.5, 0.6) is 17.2 Å². The molecule has 1 atom stereocenters. The molecule has 19 nitrogen and oxygen atoms in total. The highest BCUT2D eigenvalue weighted by atomic mass is 16.5. The first-order valence-electron chi connectivity index (χ1n) is 29.8. The fourth-order valence-electron chi connectivity index (χ4n) is 10.8. The van der Waals surface area contributed by atoms with Crippen LogP contribution in [0.3, 0.4) is 0 Å². The molecule has 456 valence electrons. The lowest BCUT2D eigenvalue weighted by molar-refractivity contribution is -0.128. The predicted molar refractivity (Wildman–Crippen MR) is 329 cm³/mol. The summed E-state index contributed by atoms with van der Waals surface area (Å²) in [6, 6.07) is 29.2. The summed E-state index contributed by atoms with van der Waals surface area (Å²) in [4.78, 5) is 101. The lowest BCUT2D eigenvalue weighted by atomic mass is 9.98. The van der Waals surface area contributed by atoms with E-state index in [-0.39, 0.29) is 106 Å². The summed E-state index contributed by atoms with van der Waals surface area (Å²) in [5.41, 5.74) is 9.73. The molecule has 0 fully saturated rings. The smallest absolute Gasteiger partial charge is 0.261 e. The maximum Gasteiger partial charge on any atom is 0.261 e. The number of rotatable bonds is 35. The molecular formula is C67H80N6O13. The predicted octanol–water partition coefficient (Wildman–Crippen LogP) is 8.78. The lowest BCUT2D eigenvalue weighted by Gasteiger charge is -2.26. The molecule has 3 aliphatic heterocycles. The standard InChI is InChI=1S/C67H80N6O13/c1-6-12-50-38-61(45(2)33-56(50)66(79)72-26-23-49-13-7-9-16-59(49)72)85-43-47-34-48(44-86-63-40-58-57(39-62(63)82-5)67(80)73-53(41-69-58)37-51-14-8-10-17-60(51)73)36-52(35-47)71(27-28-83-31-32-84-30-29-81-4)25-11-15-54(75)18-20-65(78)70-42-55(76)19-21-64(77)68-24-22-46(3)74/h7-10,13-14,16-17,33-36,38-41,53H,6,11-12,15,18-32,37,42-44H2,1-5H3,(H,68,77)(H,70,78)/t53-/m0/s1. The molecule has 0 aromatic heterocycles. The van der Waals surface area contributed by atoms with E-state index >= 15 is 0 Å². The minimum absolute atomic E-state index is 0.0156. The number of para-hydroxylation sites is 2. The van der Waals surface area contributed by atoms with Crippen molar-refractivity contribution < 1.29 is 62.0 Å². The van der Waals surface area contributed by atoms with Crippen LogP contribution in [0, 0.1) is 6.92 Å². The van der Waals surface area contributed by atoms with Crippen molar-refractivity contribution in [3.63, 3.8) is 0 Å². The second-order valence-electron chi connectivity index (χ2n) is 21.8. The van der Waals surface area contributed by atoms with E-state index in [4.69, 9.17) is 33.4 Å². The number of aryl methyl sites for hydroxylation is 2. The zero-order valence-electron chi connectivity index (χ0n) is 50.2. The molecule has 2 N–H and O–H groups in total. The second kappa shape index (κ2) is 31.8. The molecule has 0 aliphatic carbocycles. The van der Waals surface area contributed by atoms with Crippen LogP contribution < -0.4 is 39.5 Å². The maximum atomic E-state index is 14.3. The molecule has 19 heteroatoms. The Balaban J connectivity index is 1.00. The van der Waals surface area contributed by atoms with Crippen molar-refractivity contribution >= 4 is 69.9 Å². The van der Waals surface area contributed by atoms with Crippen LogP contribution >= 0.6 is 0 Å². The van der Waals surface area contributed by atoms with Gasteiger partial charge in [-0.15, -0.1) is 0 Å². The molecule has 5 aromatic rings. The third-order valence-electron chi connectivity index (χ3n) is 15.3. The number of carbonyl (C=O) groups is 7. The fraction of sp³-hybridized carbons (Fsp3) is 0.433. The number of nitrogens with one attached hydrogen (secondary N) is 2. The first kappa shape index (κ1) is 63.8. The monoisotopic (exact) mass is 1180 g/mol. The molecule has 0 saturated heterocycles. The zero-order chi connectivity index (χ0) is 61.0. The average molecular weight is 1180 g/mol. The van der Waals surface area contributed by atoms with Crippen molar-refractivity contribution in [1.82, 2.24) is 10.6 Å². The van der Waals surface area contributed by atoms with Crippen LogP contribution in [-0.4, -0.2) is 133 Å². The van der Waals surface area contributed by atoms with Crippen molar-refractivity contribution in [2.24, 2.45) is 4.99 Å². The van der Waals surface area contributed by atoms with Crippen LogP contribution in [-0.2, 0) is 70.7 Å². The Kier molecular flexibility index (Phi) is 23.5. The van der Waals surface area contributed by atoms with Gasteiger partial charge in [0.25, 0.3) is 11.8 Å². The summed E-state index contributed by atoms with van der Waals surface area (Å²) in [6.07, 6.45) is 5.40. The first-order valence-corrected chi connectivity index (χ1v) is 29.8. The van der Waals surface area contributed by atoms with Crippen LogP contribution in [0.15, 0.2) is 96.0 Å². The van der Waals surface area contributed by atoms with E-state index in [0.29, 0.717) is 106 Å². The van der Waals surface area contributed by atoms with Gasteiger partial charge in [0, 0.05) is 113 Å². The van der Waals surface area contributed by atoms with E-state index in [1.807, 2.05) is 90.8 Å². The number of amides is 4. The summed E-state index contributed by atoms with van der Waals surface area (Å²) >= 11 is 0. The van der Waals surface area contributed by atoms with Gasteiger partial charge in [0.15, 0.2) is 17.3 Å². The van der Waals surface area contributed by atoms with Crippen molar-refractivity contribution in [2.75, 3.05) is 94.7 Å². The number of hydrogen-bond acceptors (Lipinski definition) is 15. The van der Waals surface area contributed by atoms with E-state index in [1.54, 1.807) is 24.1 Å². The minimum atomic E-state index is -0.443. The van der Waals surface area contributed by atoms with Gasteiger partial charge in [0.2, 0.25) is 11.8 Å². The van der Waals surface area contributed by atoms with E-state index in [0.717, 1.165) is 63.3 Å². The van der Waals surface area contributed by atoms with Gasteiger partial charge in [-0.1, -0.05) is 49.7 Å². The lowest BCUT2D eigenvalue weighted by Crippen LogP contribution is -2.37. The topological polar surface area (TPSA) is 221 Å². The van der Waals surface area contributed by atoms with Gasteiger partial charge in [0.05, 0.1) is 64.0 Å². The summed E-state index contributed by atoms with van der Waals surface area (Å²) in [5, 5.41) is 5.16. The third kappa shape index (κ3) is 17.4. The summed E-state index contributed by atoms with van der Waals surface area (Å²) in [5.74, 6) is -0.0675. The van der Waals surface area contributed by atoms with Crippen LogP contribution in [0.2, 0.25) is 0 Å². The molecule has 0 spiro atoms. The van der Waals surface area contributed by atoms with E-state index in [2.05, 4.69) is 28.5 Å². The molecule has 4 amide bonds. The number of nitrogens with zero attached hydrogens (tertiary/aromatic N) is 4. The Morgan fingerprint density at radius 1 is 0.698 bits per heavy atom. The van der Waals surface area contributed by atoms with Gasteiger partial charge in [0.1, 0.15) is 30.5 Å². The number of anilines is 3. The molecule has 3 aliphatic rings. The van der Waals surface area contributed by atoms with Crippen molar-refractivity contribution in [3.8, 4) is 17.2 Å². The molecule has 8 rings (SSSR count). The van der Waals surface area contributed by atoms with Gasteiger partial charge < -0.3 is 48.9 Å². The van der Waals surface area contributed by atoms with E-state index in [1.165, 1.54) is 14.0 Å². The number of aliphatic imine (C=N–C) groups is 1. The van der Waals surface area contributed by atoms with Gasteiger partial charge >= 0.3 is 0 Å². The van der Waals surface area contributed by atoms with Crippen LogP contribution in [0.1, 0.15) is 119 Å². The molecule has 0 radical (unpaired) electrons. The number of hydrogen-bond donors (Lipinski definition) is 2. The van der Waals surface area contributed by atoms with Gasteiger partial charge in [-0.25, -0.2) is 0 Å². The Hall–Kier alpha value is -8.26. The molecular weight excluding hydrogens is 1100 g/mol. The van der Waals surface area contributed by atoms with Crippen molar-refractivity contribution in [2.45, 2.75) is 111 Å². The highest BCUT2D eigenvalue weighted by Gasteiger charge is 2.37. The summed E-state index contributed by atoms with van der Waals surface area (Å²) < 4.78 is 36.0. The van der Waals surface area contributed by atoms with Crippen LogP contribution in [0.4, 0.5) is 22.7 Å². The molecule has 5 aromatic carbocycles. The number of carbonyl (C=O) groups excluding carboxylic acids is 7. The Morgan fingerprint density at radius 3 is 2.12 bits per heavy atom. The summed E-state index contributed by atoms with van der Waals surface area (Å²) in [7, 11) is 3.15. The first-order chi connectivity index (χ1) is 41.7. The molecule has 3 heterocycles. The number of methoxy groups -OCH3 is 2. The third-order valence-corrected chi connectivity index (χ3v) is 15.3. The Morgan fingerprint density at radius 2 is 1.38 bits per heavy atom. The number of ketones is 3. The normalized spacial score (nSPS) is 13.7. The van der Waals surface area contributed by atoms with E-state index in [9.17, 15) is 33.6 Å². The molecule has 0 unspecified atom stereocenters. The number of ether oxygens (including phenoxy) is 6. The Labute approximate surface area is 503 Å². The van der Waals surface area contributed by atoms with E-state index < -0.39 is 5.91 Å². The van der Waals surface area contributed by atoms with Crippen LogP contribution in [0.25, 0.3) is 0 Å². The molecule has 86 heavy (non-hydrogen) atoms. The number of Topliss-reactive ketones (excluding diaryl/α,β-unsaturated/α-hetero) is 3. The average Bonchev–Trinajstić information content (AvgIpc) is 4.33. The van der Waals surface area contributed by atoms with Crippen molar-refractivity contribution in [3.05, 3.63) is 136 Å². The van der Waals surface area contributed by atoms with Gasteiger partial charge in [-0.2, -0.15) is 0 Å². The highest BCUT2D eigenvalue weighted by Crippen LogP contribution is 2.41. The minimum Gasteiger partial charge on any atom is -0.493 e. The number of fused-ring (bicyclic) bond motifs is 5. The zero-order valence-corrected chi connectivity index (χ0v) is 50.2. The summed E-state index contributed by atoms with van der Waals surface area (Å²) in [6.45, 7) is 9.15. The van der Waals surface area contributed by atoms with Gasteiger partial charge in [-0.3, -0.25) is 43.5 Å². The maximum absolute atomic E-state index is 14.3. The second-order valence-corrected chi connectivity index (χ2v) is 21.8. The largest absolute Gasteiger partial charge is 0.493 e. The van der Waals surface area contributed by atoms with Crippen molar-refractivity contribution in [1.29, 1.82) is 0 Å². The Bertz CT molecular complexity index is 3270. The molecule has 0 saturated carbocycles. The SMILES string of the molecule is CCCc1cc(OCc2cc(COc3cc4c(cc3OC)C(=O)N3c5ccccc5C[C@H]3C=N4)cc(N(CCCC(=O)CCC(=O)NCC(=O)CCC(=O)NCCC(C)=O)CCOCCOCCOC)c2)c(C)cc1C(=O)N1CCc2ccccc21. The highest BCUT2D eigenvalue weighted by molar-refractivity contribution is 6.15. The molecule has 0 bridgehead atoms. The van der Waals surface area contributed by atoms with Gasteiger partial charge in [-0.05, 0) is 115 Å². The fourth-order valence-corrected chi connectivity index (χ4v) is 10.8. The number of benzene rings is 5.